The number of fused-ring (bicyclic) bond motifs is 2. The number of phenolic OH excluding ortho intramolecular Hbond substituents is 1. The van der Waals surface area contributed by atoms with Crippen LogP contribution in [0.4, 0.5) is 5.69 Å². The number of aromatic hydroxyl groups is 1. The fourth-order valence-corrected chi connectivity index (χ4v) is 6.61. The molecule has 5 atom stereocenters. The van der Waals surface area contributed by atoms with E-state index in [1.54, 1.807) is 38.0 Å². The smallest absolute Gasteiger partial charge is 0.257 e. The van der Waals surface area contributed by atoms with Crippen LogP contribution in [0.3, 0.4) is 0 Å². The van der Waals surface area contributed by atoms with Crippen molar-refractivity contribution in [2.75, 3.05) is 66.0 Å². The summed E-state index contributed by atoms with van der Waals surface area (Å²) in [5.41, 5.74) is 3.11. The van der Waals surface area contributed by atoms with E-state index in [2.05, 4.69) is 0 Å². The Balaban J connectivity index is 1.86. The van der Waals surface area contributed by atoms with Crippen LogP contribution in [0.1, 0.15) is 39.1 Å². The molecule has 3 unspecified atom stereocenters. The Kier molecular flexibility index (Phi) is 8.55. The largest absolute Gasteiger partial charge is 0.506 e. The summed E-state index contributed by atoms with van der Waals surface area (Å²) in [6, 6.07) is 0.679. The predicted molar refractivity (Wildman–Crippen MR) is 146 cm³/mol. The standard InChI is InChI=1S/C28H38N4O9/c1-30(2)18-11-16(27(39)32-5-7-41-8-6-32)24(36)23-15(18)9-14-10-17(19(13-33)31(3)4)28(40,20(34)12-21(29)35)26(38)22(14)25(23)37/h11,14,17,19,22,33,36,40H,5-10,12-13H2,1-4H3,(H2,29,35)/t14?,17?,19-,22?,28-/m1/s1. The van der Waals surface area contributed by atoms with Gasteiger partial charge >= 0.3 is 0 Å². The first-order valence-electron chi connectivity index (χ1n) is 13.6. The molecule has 2 aliphatic carbocycles. The lowest BCUT2D eigenvalue weighted by molar-refractivity contribution is -0.171. The molecule has 13 nitrogen and oxygen atoms in total. The van der Waals surface area contributed by atoms with Crippen molar-refractivity contribution >= 4 is 34.9 Å². The first kappa shape index (κ1) is 30.6. The van der Waals surface area contributed by atoms with Gasteiger partial charge in [-0.05, 0) is 44.5 Å². The number of benzene rings is 1. The number of carbonyl (C=O) groups is 5. The summed E-state index contributed by atoms with van der Waals surface area (Å²) in [6.45, 7) is 0.762. The predicted octanol–water partition coefficient (Wildman–Crippen LogP) is -1.41. The molecule has 1 saturated carbocycles. The van der Waals surface area contributed by atoms with Gasteiger partial charge < -0.3 is 40.5 Å². The Labute approximate surface area is 237 Å². The minimum Gasteiger partial charge on any atom is -0.506 e. The summed E-state index contributed by atoms with van der Waals surface area (Å²) in [5.74, 6) is -8.51. The molecule has 0 radical (unpaired) electrons. The molecule has 4 rings (SSSR count). The number of likely N-dealkylation sites (N-methyl/N-ethyl adjacent to an activating group) is 1. The summed E-state index contributed by atoms with van der Waals surface area (Å²) in [7, 11) is 6.70. The van der Waals surface area contributed by atoms with Gasteiger partial charge in [0, 0.05) is 44.8 Å². The summed E-state index contributed by atoms with van der Waals surface area (Å²) in [5, 5.41) is 33.3. The maximum Gasteiger partial charge on any atom is 0.257 e. The van der Waals surface area contributed by atoms with Gasteiger partial charge in [-0.15, -0.1) is 0 Å². The second-order valence-electron chi connectivity index (χ2n) is 11.5. The van der Waals surface area contributed by atoms with Crippen LogP contribution in [0.5, 0.6) is 5.75 Å². The zero-order chi connectivity index (χ0) is 30.4. The van der Waals surface area contributed by atoms with Crippen LogP contribution in [0.25, 0.3) is 0 Å². The number of Topliss-reactive ketones (excluding diaryl/α,β-unsaturated/α-hetero) is 3. The number of carbonyl (C=O) groups excluding carboxylic acids is 5. The van der Waals surface area contributed by atoms with E-state index in [-0.39, 0.29) is 24.0 Å². The van der Waals surface area contributed by atoms with Crippen LogP contribution in [0.15, 0.2) is 6.07 Å². The number of ketones is 3. The average Bonchev–Trinajstić information content (AvgIpc) is 2.91. The number of anilines is 1. The second-order valence-corrected chi connectivity index (χ2v) is 11.5. The van der Waals surface area contributed by atoms with Crippen molar-refractivity contribution in [3.8, 4) is 5.75 Å². The normalized spacial score (nSPS) is 26.8. The number of phenols is 1. The number of primary amides is 1. The van der Waals surface area contributed by atoms with Gasteiger partial charge in [0.15, 0.2) is 23.0 Å². The highest BCUT2D eigenvalue weighted by Gasteiger charge is 2.63. The summed E-state index contributed by atoms with van der Waals surface area (Å²) in [4.78, 5) is 71.2. The quantitative estimate of drug-likeness (QED) is 0.267. The third kappa shape index (κ3) is 5.11. The molecule has 1 heterocycles. The molecular formula is C28H38N4O9. The van der Waals surface area contributed by atoms with Crippen molar-refractivity contribution in [1.82, 2.24) is 9.80 Å². The van der Waals surface area contributed by atoms with Crippen molar-refractivity contribution < 1.29 is 44.0 Å². The Bertz CT molecular complexity index is 1270. The second kappa shape index (κ2) is 11.5. The highest BCUT2D eigenvalue weighted by Crippen LogP contribution is 2.50. The molecule has 3 aliphatic rings. The monoisotopic (exact) mass is 574 g/mol. The average molecular weight is 575 g/mol. The molecule has 0 aromatic heterocycles. The van der Waals surface area contributed by atoms with E-state index in [0.29, 0.717) is 37.6 Å². The van der Waals surface area contributed by atoms with E-state index in [9.17, 15) is 39.3 Å². The lowest BCUT2D eigenvalue weighted by Gasteiger charge is -2.49. The van der Waals surface area contributed by atoms with Gasteiger partial charge in [0.25, 0.3) is 5.91 Å². The Morgan fingerprint density at radius 1 is 1.17 bits per heavy atom. The first-order valence-corrected chi connectivity index (χ1v) is 13.6. The molecule has 2 amide bonds. The van der Waals surface area contributed by atoms with Crippen LogP contribution < -0.4 is 10.6 Å². The number of amides is 2. The molecule has 0 spiro atoms. The number of ether oxygens (including phenoxy) is 1. The zero-order valence-electron chi connectivity index (χ0n) is 23.8. The molecule has 1 aliphatic heterocycles. The molecule has 5 N–H and O–H groups in total. The summed E-state index contributed by atoms with van der Waals surface area (Å²) < 4.78 is 5.31. The van der Waals surface area contributed by atoms with Crippen LogP contribution in [-0.2, 0) is 25.5 Å². The number of nitrogens with two attached hydrogens (primary N) is 1. The van der Waals surface area contributed by atoms with Gasteiger partial charge in [-0.1, -0.05) is 0 Å². The van der Waals surface area contributed by atoms with E-state index >= 15 is 0 Å². The first-order chi connectivity index (χ1) is 19.2. The highest BCUT2D eigenvalue weighted by molar-refractivity contribution is 6.25. The van der Waals surface area contributed by atoms with E-state index in [0.717, 1.165) is 0 Å². The van der Waals surface area contributed by atoms with E-state index in [1.165, 1.54) is 11.0 Å². The third-order valence-electron chi connectivity index (χ3n) is 8.69. The number of rotatable bonds is 8. The SMILES string of the molecule is CN(C)c1cc(C(=O)N2CCOCC2)c(O)c2c1CC1CC([C@@H](CO)N(C)C)[C@@](O)(C(=O)CC(N)=O)C(=O)C1C2=O. The third-order valence-corrected chi connectivity index (χ3v) is 8.69. The molecule has 41 heavy (non-hydrogen) atoms. The molecule has 1 saturated heterocycles. The fraction of sp³-hybridized carbons (Fsp3) is 0.607. The van der Waals surface area contributed by atoms with Crippen LogP contribution in [0.2, 0.25) is 0 Å². The number of aliphatic hydroxyl groups excluding tert-OH is 1. The van der Waals surface area contributed by atoms with Gasteiger partial charge in [0.05, 0.1) is 43.3 Å². The van der Waals surface area contributed by atoms with Gasteiger partial charge in [0.2, 0.25) is 5.91 Å². The maximum atomic E-state index is 14.1. The molecule has 0 bridgehead atoms. The van der Waals surface area contributed by atoms with Gasteiger partial charge in [-0.2, -0.15) is 0 Å². The van der Waals surface area contributed by atoms with E-state index in [1.807, 2.05) is 0 Å². The van der Waals surface area contributed by atoms with Crippen LogP contribution in [-0.4, -0.2) is 127 Å². The van der Waals surface area contributed by atoms with Crippen molar-refractivity contribution in [3.63, 3.8) is 0 Å². The summed E-state index contributed by atoms with van der Waals surface area (Å²) in [6.07, 6.45) is -0.804. The number of hydrogen-bond acceptors (Lipinski definition) is 11. The van der Waals surface area contributed by atoms with Crippen molar-refractivity contribution in [2.24, 2.45) is 23.5 Å². The van der Waals surface area contributed by atoms with E-state index in [4.69, 9.17) is 10.5 Å². The molecule has 1 aromatic rings. The highest BCUT2D eigenvalue weighted by atomic mass is 16.5. The molecule has 224 valence electrons. The Morgan fingerprint density at radius 3 is 2.34 bits per heavy atom. The lowest BCUT2D eigenvalue weighted by Crippen LogP contribution is -2.67. The van der Waals surface area contributed by atoms with Crippen molar-refractivity contribution in [3.05, 3.63) is 22.8 Å². The van der Waals surface area contributed by atoms with Crippen LogP contribution >= 0.6 is 0 Å². The zero-order valence-corrected chi connectivity index (χ0v) is 23.8. The molecule has 1 aromatic carbocycles. The fourth-order valence-electron chi connectivity index (χ4n) is 6.61. The molecule has 2 fully saturated rings. The van der Waals surface area contributed by atoms with E-state index < -0.39 is 77.3 Å². The Morgan fingerprint density at radius 2 is 1.80 bits per heavy atom. The number of morpholine rings is 1. The summed E-state index contributed by atoms with van der Waals surface area (Å²) >= 11 is 0. The number of nitrogens with zero attached hydrogens (tertiary/aromatic N) is 3. The number of aliphatic hydroxyl groups is 2. The topological polar surface area (TPSA) is 191 Å². The number of hydrogen-bond donors (Lipinski definition) is 4. The maximum absolute atomic E-state index is 14.1. The minimum absolute atomic E-state index is 0.00587. The molecule has 13 heteroatoms. The minimum atomic E-state index is -2.78. The van der Waals surface area contributed by atoms with Gasteiger partial charge in [-0.3, -0.25) is 24.0 Å². The Hall–Kier alpha value is -3.39. The van der Waals surface area contributed by atoms with Gasteiger partial charge in [-0.25, -0.2) is 0 Å². The van der Waals surface area contributed by atoms with Crippen molar-refractivity contribution in [1.29, 1.82) is 0 Å². The lowest BCUT2D eigenvalue weighted by atomic mass is 9.56. The van der Waals surface area contributed by atoms with Crippen molar-refractivity contribution in [2.45, 2.75) is 30.9 Å². The molecular weight excluding hydrogens is 536 g/mol. The van der Waals surface area contributed by atoms with Crippen LogP contribution in [0, 0.1) is 17.8 Å². The van der Waals surface area contributed by atoms with Gasteiger partial charge in [0.1, 0.15) is 5.75 Å².